The molecule has 0 spiro atoms. The summed E-state index contributed by atoms with van der Waals surface area (Å²) in [5.41, 5.74) is 7.19. The van der Waals surface area contributed by atoms with Crippen LogP contribution in [-0.2, 0) is 0 Å². The summed E-state index contributed by atoms with van der Waals surface area (Å²) in [7, 11) is 0. The van der Waals surface area contributed by atoms with Gasteiger partial charge in [0.2, 0.25) is 0 Å². The topological polar surface area (TPSA) is 62.5 Å². The molecule has 1 saturated heterocycles. The standard InChI is InChI=1S/C25H26N4O/c1-17(30)20-5-4-6-21(13-20)23-15-28-29-16-22(14-27-25(23)29)18-8-10-19(11-9-18)24-7-2-3-12-26-24/h4-6,8-11,13-17,24,26,30H,2-3,7,12H2,1H3. The predicted octanol–water partition coefficient (Wildman–Crippen LogP) is 4.93. The van der Waals surface area contributed by atoms with Crippen molar-refractivity contribution in [2.45, 2.75) is 38.3 Å². The van der Waals surface area contributed by atoms with E-state index < -0.39 is 6.10 Å². The first-order valence-corrected chi connectivity index (χ1v) is 10.6. The molecule has 0 bridgehead atoms. The highest BCUT2D eigenvalue weighted by Gasteiger charge is 2.15. The molecule has 1 fully saturated rings. The van der Waals surface area contributed by atoms with Crippen molar-refractivity contribution in [2.75, 3.05) is 6.54 Å². The number of hydrogen-bond acceptors (Lipinski definition) is 4. The maximum atomic E-state index is 9.88. The van der Waals surface area contributed by atoms with Crippen molar-refractivity contribution in [3.8, 4) is 22.3 Å². The third kappa shape index (κ3) is 3.62. The molecule has 5 nitrogen and oxygen atoms in total. The lowest BCUT2D eigenvalue weighted by atomic mass is 9.96. The van der Waals surface area contributed by atoms with Crippen LogP contribution in [-0.4, -0.2) is 26.2 Å². The maximum absolute atomic E-state index is 9.88. The van der Waals surface area contributed by atoms with Crippen molar-refractivity contribution in [1.82, 2.24) is 19.9 Å². The summed E-state index contributed by atoms with van der Waals surface area (Å²) in [6.07, 6.45) is 9.05. The monoisotopic (exact) mass is 398 g/mol. The minimum atomic E-state index is -0.502. The fourth-order valence-corrected chi connectivity index (χ4v) is 4.24. The zero-order valence-corrected chi connectivity index (χ0v) is 17.1. The molecule has 3 heterocycles. The lowest BCUT2D eigenvalue weighted by Crippen LogP contribution is -2.26. The van der Waals surface area contributed by atoms with Gasteiger partial charge in [0, 0.05) is 29.6 Å². The summed E-state index contributed by atoms with van der Waals surface area (Å²) in [6.45, 7) is 2.88. The minimum absolute atomic E-state index is 0.472. The van der Waals surface area contributed by atoms with E-state index in [1.165, 1.54) is 24.8 Å². The van der Waals surface area contributed by atoms with Crippen LogP contribution in [0.2, 0.25) is 0 Å². The molecular formula is C25H26N4O. The van der Waals surface area contributed by atoms with Crippen molar-refractivity contribution in [1.29, 1.82) is 0 Å². The number of aliphatic hydroxyl groups excluding tert-OH is 1. The van der Waals surface area contributed by atoms with Gasteiger partial charge in [0.05, 0.1) is 12.3 Å². The lowest BCUT2D eigenvalue weighted by molar-refractivity contribution is 0.199. The maximum Gasteiger partial charge on any atom is 0.162 e. The Hall–Kier alpha value is -3.02. The Balaban J connectivity index is 1.44. The van der Waals surface area contributed by atoms with Gasteiger partial charge in [0.15, 0.2) is 5.65 Å². The van der Waals surface area contributed by atoms with E-state index in [1.807, 2.05) is 47.4 Å². The summed E-state index contributed by atoms with van der Waals surface area (Å²) in [5, 5.41) is 18.0. The highest BCUT2D eigenvalue weighted by Crippen LogP contribution is 2.29. The number of nitrogens with zero attached hydrogens (tertiary/aromatic N) is 3. The Morgan fingerprint density at radius 2 is 1.90 bits per heavy atom. The van der Waals surface area contributed by atoms with E-state index in [2.05, 4.69) is 34.7 Å². The smallest absolute Gasteiger partial charge is 0.162 e. The molecular weight excluding hydrogens is 372 g/mol. The first-order chi connectivity index (χ1) is 14.7. The molecule has 0 saturated carbocycles. The Morgan fingerprint density at radius 3 is 2.67 bits per heavy atom. The van der Waals surface area contributed by atoms with Crippen LogP contribution in [0.5, 0.6) is 0 Å². The molecule has 0 radical (unpaired) electrons. The van der Waals surface area contributed by atoms with Crippen LogP contribution >= 0.6 is 0 Å². The van der Waals surface area contributed by atoms with E-state index in [4.69, 9.17) is 4.98 Å². The summed E-state index contributed by atoms with van der Waals surface area (Å²) >= 11 is 0. The molecule has 0 amide bonds. The van der Waals surface area contributed by atoms with E-state index in [-0.39, 0.29) is 0 Å². The molecule has 2 atom stereocenters. The van der Waals surface area contributed by atoms with Crippen molar-refractivity contribution in [3.63, 3.8) is 0 Å². The van der Waals surface area contributed by atoms with Gasteiger partial charge in [-0.05, 0) is 54.6 Å². The van der Waals surface area contributed by atoms with Crippen molar-refractivity contribution < 1.29 is 5.11 Å². The quantitative estimate of drug-likeness (QED) is 0.512. The Labute approximate surface area is 176 Å². The summed E-state index contributed by atoms with van der Waals surface area (Å²) in [6, 6.07) is 17.2. The fourth-order valence-electron chi connectivity index (χ4n) is 4.24. The van der Waals surface area contributed by atoms with Gasteiger partial charge in [-0.1, -0.05) is 48.9 Å². The number of fused-ring (bicyclic) bond motifs is 1. The van der Waals surface area contributed by atoms with E-state index in [0.29, 0.717) is 6.04 Å². The number of benzene rings is 2. The lowest BCUT2D eigenvalue weighted by Gasteiger charge is -2.24. The zero-order valence-electron chi connectivity index (χ0n) is 17.1. The van der Waals surface area contributed by atoms with Gasteiger partial charge >= 0.3 is 0 Å². The number of nitrogens with one attached hydrogen (secondary N) is 1. The second-order valence-electron chi connectivity index (χ2n) is 8.09. The Bertz CT molecular complexity index is 1160. The SMILES string of the molecule is CC(O)c1cccc(-c2cnn3cc(-c4ccc(C5CCCCN5)cc4)cnc23)c1. The summed E-state index contributed by atoms with van der Waals surface area (Å²) in [5.74, 6) is 0. The van der Waals surface area contributed by atoms with Crippen LogP contribution in [0.4, 0.5) is 0 Å². The second-order valence-corrected chi connectivity index (χ2v) is 8.09. The Kier molecular flexibility index (Phi) is 5.07. The van der Waals surface area contributed by atoms with Gasteiger partial charge in [-0.3, -0.25) is 0 Å². The average Bonchev–Trinajstić information content (AvgIpc) is 3.23. The van der Waals surface area contributed by atoms with Gasteiger partial charge in [-0.2, -0.15) is 5.10 Å². The van der Waals surface area contributed by atoms with Crippen LogP contribution in [0.1, 0.15) is 49.5 Å². The van der Waals surface area contributed by atoms with Crippen LogP contribution in [0.15, 0.2) is 67.1 Å². The normalized spacial score (nSPS) is 17.9. The molecule has 2 N–H and O–H groups in total. The molecule has 30 heavy (non-hydrogen) atoms. The molecule has 1 aliphatic rings. The first-order valence-electron chi connectivity index (χ1n) is 10.6. The third-order valence-electron chi connectivity index (χ3n) is 5.99. The predicted molar refractivity (Wildman–Crippen MR) is 119 cm³/mol. The van der Waals surface area contributed by atoms with E-state index in [1.54, 1.807) is 6.92 Å². The molecule has 4 aromatic rings. The highest BCUT2D eigenvalue weighted by molar-refractivity contribution is 5.78. The van der Waals surface area contributed by atoms with Crippen LogP contribution in [0.3, 0.4) is 0 Å². The number of hydrogen-bond donors (Lipinski definition) is 2. The van der Waals surface area contributed by atoms with Gasteiger partial charge in [-0.25, -0.2) is 9.50 Å². The fraction of sp³-hybridized carbons (Fsp3) is 0.280. The largest absolute Gasteiger partial charge is 0.389 e. The van der Waals surface area contributed by atoms with E-state index in [9.17, 15) is 5.11 Å². The van der Waals surface area contributed by atoms with Crippen molar-refractivity contribution in [3.05, 3.63) is 78.2 Å². The molecule has 5 rings (SSSR count). The zero-order chi connectivity index (χ0) is 20.5. The van der Waals surface area contributed by atoms with Crippen molar-refractivity contribution in [2.24, 2.45) is 0 Å². The summed E-state index contributed by atoms with van der Waals surface area (Å²) in [4.78, 5) is 4.71. The number of piperidine rings is 1. The number of aliphatic hydroxyl groups is 1. The van der Waals surface area contributed by atoms with E-state index >= 15 is 0 Å². The molecule has 5 heteroatoms. The molecule has 2 aromatic heterocycles. The number of rotatable bonds is 4. The van der Waals surface area contributed by atoms with Gasteiger partial charge in [0.25, 0.3) is 0 Å². The number of aromatic nitrogens is 3. The second kappa shape index (κ2) is 8.01. The summed E-state index contributed by atoms with van der Waals surface area (Å²) < 4.78 is 1.83. The molecule has 0 aliphatic carbocycles. The first kappa shape index (κ1) is 19.0. The van der Waals surface area contributed by atoms with Crippen LogP contribution < -0.4 is 5.32 Å². The van der Waals surface area contributed by atoms with Gasteiger partial charge < -0.3 is 10.4 Å². The van der Waals surface area contributed by atoms with Crippen LogP contribution in [0.25, 0.3) is 27.9 Å². The van der Waals surface area contributed by atoms with Gasteiger partial charge in [0.1, 0.15) is 0 Å². The van der Waals surface area contributed by atoms with Gasteiger partial charge in [-0.15, -0.1) is 0 Å². The molecule has 152 valence electrons. The minimum Gasteiger partial charge on any atom is -0.389 e. The molecule has 1 aliphatic heterocycles. The average molecular weight is 399 g/mol. The van der Waals surface area contributed by atoms with Crippen molar-refractivity contribution >= 4 is 5.65 Å². The third-order valence-corrected chi connectivity index (χ3v) is 5.99. The molecule has 2 unspecified atom stereocenters. The highest BCUT2D eigenvalue weighted by atomic mass is 16.3. The molecule has 2 aromatic carbocycles. The van der Waals surface area contributed by atoms with E-state index in [0.717, 1.165) is 40.0 Å². The van der Waals surface area contributed by atoms with Crippen LogP contribution in [0, 0.1) is 0 Å². The Morgan fingerprint density at radius 1 is 1.03 bits per heavy atom.